The maximum absolute atomic E-state index is 11.8. The molecule has 2 aromatic rings. The molecule has 1 amide bonds. The van der Waals surface area contributed by atoms with Gasteiger partial charge in [0.05, 0.1) is 0 Å². The van der Waals surface area contributed by atoms with E-state index >= 15 is 0 Å². The van der Waals surface area contributed by atoms with Gasteiger partial charge in [-0.15, -0.1) is 12.6 Å². The van der Waals surface area contributed by atoms with Crippen molar-refractivity contribution < 1.29 is 4.79 Å². The van der Waals surface area contributed by atoms with Gasteiger partial charge in [0.25, 0.3) is 5.91 Å². The number of aromatic nitrogens is 1. The van der Waals surface area contributed by atoms with Gasteiger partial charge in [-0.1, -0.05) is 6.07 Å². The Kier molecular flexibility index (Phi) is 3.30. The minimum Gasteiger partial charge on any atom is -0.321 e. The molecule has 2 rings (SSSR count). The third kappa shape index (κ3) is 2.98. The molecule has 1 aromatic heterocycles. The van der Waals surface area contributed by atoms with Crippen LogP contribution in [0.3, 0.4) is 0 Å². The Hall–Kier alpha value is -2.01. The highest BCUT2D eigenvalue weighted by molar-refractivity contribution is 7.80. The molecule has 0 fully saturated rings. The summed E-state index contributed by atoms with van der Waals surface area (Å²) in [6.45, 7) is 0. The summed E-state index contributed by atoms with van der Waals surface area (Å²) in [5.74, 6) is -0.352. The number of carbonyl (C=O) groups is 1. The van der Waals surface area contributed by atoms with E-state index in [9.17, 15) is 9.59 Å². The van der Waals surface area contributed by atoms with Gasteiger partial charge in [0, 0.05) is 16.6 Å². The number of carbonyl (C=O) groups excluding carboxylic acids is 1. The van der Waals surface area contributed by atoms with E-state index in [1.807, 2.05) is 0 Å². The van der Waals surface area contributed by atoms with E-state index in [1.165, 1.54) is 12.1 Å². The molecule has 1 aromatic carbocycles. The number of hydrogen-bond donors (Lipinski definition) is 3. The van der Waals surface area contributed by atoms with Crippen LogP contribution in [-0.2, 0) is 0 Å². The van der Waals surface area contributed by atoms with Crippen LogP contribution in [0, 0.1) is 0 Å². The van der Waals surface area contributed by atoms with Crippen LogP contribution >= 0.6 is 12.6 Å². The van der Waals surface area contributed by atoms with E-state index in [0.29, 0.717) is 5.69 Å². The Labute approximate surface area is 103 Å². The van der Waals surface area contributed by atoms with E-state index in [2.05, 4.69) is 22.9 Å². The number of thiol groups is 1. The first-order valence-electron chi connectivity index (χ1n) is 4.95. The maximum atomic E-state index is 11.8. The van der Waals surface area contributed by atoms with E-state index in [-0.39, 0.29) is 17.2 Å². The largest absolute Gasteiger partial charge is 0.321 e. The number of aromatic amines is 1. The first kappa shape index (κ1) is 11.5. The van der Waals surface area contributed by atoms with Gasteiger partial charge in [0.15, 0.2) is 0 Å². The van der Waals surface area contributed by atoms with Crippen LogP contribution in [0.15, 0.2) is 52.2 Å². The molecular weight excluding hydrogens is 236 g/mol. The second-order valence-corrected chi connectivity index (χ2v) is 3.95. The van der Waals surface area contributed by atoms with Crippen LogP contribution in [0.1, 0.15) is 10.5 Å². The van der Waals surface area contributed by atoms with Crippen LogP contribution in [0.5, 0.6) is 0 Å². The summed E-state index contributed by atoms with van der Waals surface area (Å²) >= 11 is 4.15. The second kappa shape index (κ2) is 4.88. The number of nitrogens with one attached hydrogen (secondary N) is 2. The maximum Gasteiger partial charge on any atom is 0.272 e. The molecule has 0 aliphatic heterocycles. The number of amides is 1. The third-order valence-corrected chi connectivity index (χ3v) is 2.44. The topological polar surface area (TPSA) is 62.0 Å². The smallest absolute Gasteiger partial charge is 0.272 e. The zero-order chi connectivity index (χ0) is 12.3. The third-order valence-electron chi connectivity index (χ3n) is 2.14. The summed E-state index contributed by atoms with van der Waals surface area (Å²) in [5.41, 5.74) is 0.577. The fourth-order valence-corrected chi connectivity index (χ4v) is 1.47. The standard InChI is InChI=1S/C12H10N2O2S/c15-11-3-1-2-10(14-11)12(16)13-8-4-6-9(17)7-5-8/h1-7,17H,(H,13,16)(H,14,15). The van der Waals surface area contributed by atoms with Crippen molar-refractivity contribution in [2.75, 3.05) is 5.32 Å². The molecule has 5 heteroatoms. The SMILES string of the molecule is O=C(Nc1ccc(S)cc1)c1cccc(=O)[nH]1. The Morgan fingerprint density at radius 3 is 2.47 bits per heavy atom. The lowest BCUT2D eigenvalue weighted by atomic mass is 10.3. The highest BCUT2D eigenvalue weighted by Crippen LogP contribution is 2.12. The zero-order valence-electron chi connectivity index (χ0n) is 8.81. The Morgan fingerprint density at radius 1 is 1.12 bits per heavy atom. The number of hydrogen-bond acceptors (Lipinski definition) is 3. The molecule has 86 valence electrons. The first-order valence-corrected chi connectivity index (χ1v) is 5.39. The van der Waals surface area contributed by atoms with E-state index in [0.717, 1.165) is 4.90 Å². The molecule has 0 aliphatic rings. The molecular formula is C12H10N2O2S. The summed E-state index contributed by atoms with van der Waals surface area (Å²) < 4.78 is 0. The van der Waals surface area contributed by atoms with Crippen molar-refractivity contribution in [1.29, 1.82) is 0 Å². The van der Waals surface area contributed by atoms with Gasteiger partial charge < -0.3 is 10.3 Å². The van der Waals surface area contributed by atoms with Gasteiger partial charge in [-0.05, 0) is 30.3 Å². The van der Waals surface area contributed by atoms with Crippen molar-refractivity contribution in [2.45, 2.75) is 4.90 Å². The molecule has 0 spiro atoms. The Balaban J connectivity index is 2.17. The van der Waals surface area contributed by atoms with E-state index in [1.54, 1.807) is 30.3 Å². The van der Waals surface area contributed by atoms with Gasteiger partial charge >= 0.3 is 0 Å². The van der Waals surface area contributed by atoms with Crippen LogP contribution in [-0.4, -0.2) is 10.9 Å². The molecule has 0 bridgehead atoms. The van der Waals surface area contributed by atoms with Crippen LogP contribution < -0.4 is 10.9 Å². The lowest BCUT2D eigenvalue weighted by molar-refractivity contribution is 0.102. The molecule has 0 atom stereocenters. The van der Waals surface area contributed by atoms with Crippen LogP contribution in [0.4, 0.5) is 5.69 Å². The highest BCUT2D eigenvalue weighted by Gasteiger charge is 2.05. The van der Waals surface area contributed by atoms with Gasteiger partial charge in [-0.2, -0.15) is 0 Å². The fraction of sp³-hybridized carbons (Fsp3) is 0. The minimum absolute atomic E-state index is 0.229. The summed E-state index contributed by atoms with van der Waals surface area (Å²) in [7, 11) is 0. The van der Waals surface area contributed by atoms with Crippen molar-refractivity contribution in [2.24, 2.45) is 0 Å². The molecule has 0 radical (unpaired) electrons. The highest BCUT2D eigenvalue weighted by atomic mass is 32.1. The average molecular weight is 246 g/mol. The van der Waals surface area contributed by atoms with Crippen molar-refractivity contribution in [3.05, 3.63) is 58.5 Å². The average Bonchev–Trinajstić information content (AvgIpc) is 2.32. The van der Waals surface area contributed by atoms with Crippen LogP contribution in [0.25, 0.3) is 0 Å². The van der Waals surface area contributed by atoms with Crippen molar-refractivity contribution in [3.63, 3.8) is 0 Å². The lowest BCUT2D eigenvalue weighted by Crippen LogP contribution is -2.17. The molecule has 4 nitrogen and oxygen atoms in total. The van der Waals surface area contributed by atoms with Crippen LogP contribution in [0.2, 0.25) is 0 Å². The summed E-state index contributed by atoms with van der Waals surface area (Å²) in [4.78, 5) is 26.1. The fourth-order valence-electron chi connectivity index (χ4n) is 1.32. The van der Waals surface area contributed by atoms with E-state index < -0.39 is 0 Å². The molecule has 0 unspecified atom stereocenters. The summed E-state index contributed by atoms with van der Waals surface area (Å²) in [5, 5.41) is 2.67. The molecule has 1 heterocycles. The summed E-state index contributed by atoms with van der Waals surface area (Å²) in [6.07, 6.45) is 0. The van der Waals surface area contributed by atoms with Gasteiger partial charge in [0.2, 0.25) is 5.56 Å². The zero-order valence-corrected chi connectivity index (χ0v) is 9.70. The second-order valence-electron chi connectivity index (χ2n) is 3.43. The number of rotatable bonds is 2. The predicted molar refractivity (Wildman–Crippen MR) is 68.7 cm³/mol. The van der Waals surface area contributed by atoms with Gasteiger partial charge in [-0.25, -0.2) is 0 Å². The Bertz CT molecular complexity index is 590. The molecule has 0 saturated carbocycles. The molecule has 0 saturated heterocycles. The minimum atomic E-state index is -0.352. The lowest BCUT2D eigenvalue weighted by Gasteiger charge is -2.04. The quantitative estimate of drug-likeness (QED) is 0.709. The number of H-pyrrole nitrogens is 1. The van der Waals surface area contributed by atoms with Crippen molar-refractivity contribution in [1.82, 2.24) is 4.98 Å². The molecule has 0 aliphatic carbocycles. The van der Waals surface area contributed by atoms with Gasteiger partial charge in [0.1, 0.15) is 5.69 Å². The Morgan fingerprint density at radius 2 is 1.82 bits per heavy atom. The first-order chi connectivity index (χ1) is 8.15. The van der Waals surface area contributed by atoms with E-state index in [4.69, 9.17) is 0 Å². The summed E-state index contributed by atoms with van der Waals surface area (Å²) in [6, 6.07) is 11.4. The predicted octanol–water partition coefficient (Wildman–Crippen LogP) is 1.92. The number of anilines is 1. The number of benzene rings is 1. The van der Waals surface area contributed by atoms with Gasteiger partial charge in [-0.3, -0.25) is 9.59 Å². The normalized spacial score (nSPS) is 9.94. The number of pyridine rings is 1. The van der Waals surface area contributed by atoms with Crippen molar-refractivity contribution >= 4 is 24.2 Å². The monoisotopic (exact) mass is 246 g/mol. The molecule has 17 heavy (non-hydrogen) atoms. The van der Waals surface area contributed by atoms with Crippen molar-refractivity contribution in [3.8, 4) is 0 Å². The molecule has 2 N–H and O–H groups in total.